The SMILES string of the molecule is c1csc(CCOC2CCNC2)c1. The zero-order valence-corrected chi connectivity index (χ0v) is 8.48. The first kappa shape index (κ1) is 9.19. The highest BCUT2D eigenvalue weighted by atomic mass is 32.1. The van der Waals surface area contributed by atoms with Crippen molar-refractivity contribution in [3.8, 4) is 0 Å². The van der Waals surface area contributed by atoms with Gasteiger partial charge in [-0.15, -0.1) is 11.3 Å². The molecule has 0 radical (unpaired) electrons. The fourth-order valence-corrected chi connectivity index (χ4v) is 2.24. The van der Waals surface area contributed by atoms with Gasteiger partial charge < -0.3 is 10.1 Å². The minimum Gasteiger partial charge on any atom is -0.376 e. The van der Waals surface area contributed by atoms with E-state index < -0.39 is 0 Å². The van der Waals surface area contributed by atoms with Crippen molar-refractivity contribution in [1.82, 2.24) is 5.32 Å². The summed E-state index contributed by atoms with van der Waals surface area (Å²) in [5.74, 6) is 0. The van der Waals surface area contributed by atoms with Gasteiger partial charge in [-0.25, -0.2) is 0 Å². The van der Waals surface area contributed by atoms with Crippen LogP contribution in [0.15, 0.2) is 17.5 Å². The zero-order valence-electron chi connectivity index (χ0n) is 7.66. The average Bonchev–Trinajstić information content (AvgIpc) is 2.75. The minimum absolute atomic E-state index is 0.458. The third-order valence-electron chi connectivity index (χ3n) is 2.30. The molecule has 1 aliphatic heterocycles. The molecule has 13 heavy (non-hydrogen) atoms. The first-order valence-corrected chi connectivity index (χ1v) is 5.68. The van der Waals surface area contributed by atoms with Crippen molar-refractivity contribution < 1.29 is 4.74 Å². The van der Waals surface area contributed by atoms with E-state index in [9.17, 15) is 0 Å². The van der Waals surface area contributed by atoms with Crippen LogP contribution in [-0.4, -0.2) is 25.8 Å². The lowest BCUT2D eigenvalue weighted by Gasteiger charge is -2.08. The van der Waals surface area contributed by atoms with E-state index >= 15 is 0 Å². The molecule has 1 aromatic heterocycles. The molecule has 1 aliphatic rings. The van der Waals surface area contributed by atoms with Gasteiger partial charge in [-0.05, 0) is 24.4 Å². The first-order valence-electron chi connectivity index (χ1n) is 4.80. The summed E-state index contributed by atoms with van der Waals surface area (Å²) in [4.78, 5) is 1.42. The molecule has 2 heterocycles. The molecule has 0 aromatic carbocycles. The van der Waals surface area contributed by atoms with Crippen molar-refractivity contribution in [3.05, 3.63) is 22.4 Å². The molecule has 1 aromatic rings. The second kappa shape index (κ2) is 4.74. The summed E-state index contributed by atoms with van der Waals surface area (Å²) in [6.07, 6.45) is 2.69. The molecule has 2 rings (SSSR count). The highest BCUT2D eigenvalue weighted by Crippen LogP contribution is 2.10. The van der Waals surface area contributed by atoms with Crippen LogP contribution >= 0.6 is 11.3 Å². The molecule has 1 unspecified atom stereocenters. The number of thiophene rings is 1. The van der Waals surface area contributed by atoms with E-state index in [0.29, 0.717) is 6.10 Å². The Bertz CT molecular complexity index is 229. The standard InChI is InChI=1S/C10H15NOS/c1-2-10(13-7-1)4-6-12-9-3-5-11-8-9/h1-2,7,9,11H,3-6,8H2. The Hall–Kier alpha value is -0.380. The van der Waals surface area contributed by atoms with Crippen molar-refractivity contribution >= 4 is 11.3 Å². The van der Waals surface area contributed by atoms with Crippen LogP contribution in [0, 0.1) is 0 Å². The number of rotatable bonds is 4. The Morgan fingerprint density at radius 2 is 2.62 bits per heavy atom. The Kier molecular flexibility index (Phi) is 3.35. The normalized spacial score (nSPS) is 22.3. The summed E-state index contributed by atoms with van der Waals surface area (Å²) in [5.41, 5.74) is 0. The molecule has 0 bridgehead atoms. The predicted molar refractivity (Wildman–Crippen MR) is 55.2 cm³/mol. The summed E-state index contributed by atoms with van der Waals surface area (Å²) < 4.78 is 5.72. The molecule has 3 heteroatoms. The summed E-state index contributed by atoms with van der Waals surface area (Å²) >= 11 is 1.81. The molecule has 1 saturated heterocycles. The molecule has 1 fully saturated rings. The summed E-state index contributed by atoms with van der Waals surface area (Å²) in [5, 5.41) is 5.41. The Labute approximate surface area is 82.9 Å². The molecule has 2 nitrogen and oxygen atoms in total. The Morgan fingerprint density at radius 3 is 3.31 bits per heavy atom. The first-order chi connectivity index (χ1) is 6.45. The lowest BCUT2D eigenvalue weighted by atomic mass is 10.3. The van der Waals surface area contributed by atoms with Crippen LogP contribution in [0.25, 0.3) is 0 Å². The zero-order chi connectivity index (χ0) is 8.93. The van der Waals surface area contributed by atoms with Crippen molar-refractivity contribution in [2.75, 3.05) is 19.7 Å². The largest absolute Gasteiger partial charge is 0.376 e. The maximum absolute atomic E-state index is 5.72. The van der Waals surface area contributed by atoms with Crippen LogP contribution in [0.1, 0.15) is 11.3 Å². The topological polar surface area (TPSA) is 21.3 Å². The van der Waals surface area contributed by atoms with Gasteiger partial charge in [0.05, 0.1) is 12.7 Å². The van der Waals surface area contributed by atoms with Gasteiger partial charge in [0, 0.05) is 17.8 Å². The van der Waals surface area contributed by atoms with Crippen molar-refractivity contribution in [2.45, 2.75) is 18.9 Å². The quantitative estimate of drug-likeness (QED) is 0.792. The number of hydrogen-bond donors (Lipinski definition) is 1. The molecule has 0 amide bonds. The summed E-state index contributed by atoms with van der Waals surface area (Å²) in [6, 6.07) is 4.26. The monoisotopic (exact) mass is 197 g/mol. The van der Waals surface area contributed by atoms with E-state index in [-0.39, 0.29) is 0 Å². The smallest absolute Gasteiger partial charge is 0.0711 e. The summed E-state index contributed by atoms with van der Waals surface area (Å²) in [6.45, 7) is 3.01. The molecular weight excluding hydrogens is 182 g/mol. The van der Waals surface area contributed by atoms with Gasteiger partial charge in [-0.1, -0.05) is 6.07 Å². The lowest BCUT2D eigenvalue weighted by molar-refractivity contribution is 0.0698. The second-order valence-electron chi connectivity index (χ2n) is 3.31. The molecule has 72 valence electrons. The fourth-order valence-electron chi connectivity index (χ4n) is 1.55. The summed E-state index contributed by atoms with van der Waals surface area (Å²) in [7, 11) is 0. The molecule has 0 saturated carbocycles. The van der Waals surface area contributed by atoms with Gasteiger partial charge in [-0.3, -0.25) is 0 Å². The van der Waals surface area contributed by atoms with Gasteiger partial charge in [0.25, 0.3) is 0 Å². The van der Waals surface area contributed by atoms with Gasteiger partial charge in [-0.2, -0.15) is 0 Å². The molecule has 1 atom stereocenters. The third-order valence-corrected chi connectivity index (χ3v) is 3.23. The van der Waals surface area contributed by atoms with E-state index in [1.54, 1.807) is 0 Å². The average molecular weight is 197 g/mol. The van der Waals surface area contributed by atoms with E-state index in [0.717, 1.165) is 26.1 Å². The van der Waals surface area contributed by atoms with E-state index in [2.05, 4.69) is 22.8 Å². The number of nitrogens with one attached hydrogen (secondary N) is 1. The molecule has 0 aliphatic carbocycles. The highest BCUT2D eigenvalue weighted by Gasteiger charge is 2.13. The third kappa shape index (κ3) is 2.79. The van der Waals surface area contributed by atoms with Gasteiger partial charge in [0.1, 0.15) is 0 Å². The molecule has 1 N–H and O–H groups in total. The van der Waals surface area contributed by atoms with Gasteiger partial charge in [0.2, 0.25) is 0 Å². The number of hydrogen-bond acceptors (Lipinski definition) is 3. The van der Waals surface area contributed by atoms with Gasteiger partial charge >= 0.3 is 0 Å². The van der Waals surface area contributed by atoms with Gasteiger partial charge in [0.15, 0.2) is 0 Å². The minimum atomic E-state index is 0.458. The second-order valence-corrected chi connectivity index (χ2v) is 4.35. The van der Waals surface area contributed by atoms with E-state index in [1.165, 1.54) is 11.3 Å². The highest BCUT2D eigenvalue weighted by molar-refractivity contribution is 7.09. The Morgan fingerprint density at radius 1 is 1.62 bits per heavy atom. The van der Waals surface area contributed by atoms with Crippen LogP contribution in [0.4, 0.5) is 0 Å². The maximum atomic E-state index is 5.72. The van der Waals surface area contributed by atoms with Crippen LogP contribution in [0.3, 0.4) is 0 Å². The van der Waals surface area contributed by atoms with Crippen molar-refractivity contribution in [1.29, 1.82) is 0 Å². The number of ether oxygens (including phenoxy) is 1. The Balaban J connectivity index is 1.63. The fraction of sp³-hybridized carbons (Fsp3) is 0.600. The predicted octanol–water partition coefficient (Wildman–Crippen LogP) is 1.67. The van der Waals surface area contributed by atoms with Crippen LogP contribution in [0.2, 0.25) is 0 Å². The van der Waals surface area contributed by atoms with Crippen LogP contribution < -0.4 is 5.32 Å². The van der Waals surface area contributed by atoms with Crippen molar-refractivity contribution in [2.24, 2.45) is 0 Å². The van der Waals surface area contributed by atoms with Crippen molar-refractivity contribution in [3.63, 3.8) is 0 Å². The lowest BCUT2D eigenvalue weighted by Crippen LogP contribution is -2.17. The molecular formula is C10H15NOS. The van der Waals surface area contributed by atoms with Crippen LogP contribution in [-0.2, 0) is 11.2 Å². The van der Waals surface area contributed by atoms with Crippen LogP contribution in [0.5, 0.6) is 0 Å². The van der Waals surface area contributed by atoms with E-state index in [1.807, 2.05) is 11.3 Å². The molecule has 0 spiro atoms. The maximum Gasteiger partial charge on any atom is 0.0711 e. The van der Waals surface area contributed by atoms with E-state index in [4.69, 9.17) is 4.74 Å².